The molecule has 0 aliphatic heterocycles. The van der Waals surface area contributed by atoms with E-state index in [1.165, 1.54) is 0 Å². The summed E-state index contributed by atoms with van der Waals surface area (Å²) in [6, 6.07) is 11.4. The lowest BCUT2D eigenvalue weighted by atomic mass is 10.0. The maximum Gasteiger partial charge on any atom is 0.243 e. The molecule has 5 heteroatoms. The van der Waals surface area contributed by atoms with Crippen LogP contribution < -0.4 is 5.32 Å². The minimum Gasteiger partial charge on any atom is -0.345 e. The number of aromatic amines is 1. The van der Waals surface area contributed by atoms with Gasteiger partial charge in [-0.2, -0.15) is 0 Å². The average Bonchev–Trinajstić information content (AvgIpc) is 3.21. The average molecular weight is 324 g/mol. The number of para-hydroxylation sites is 2. The summed E-state index contributed by atoms with van der Waals surface area (Å²) in [6.45, 7) is 6.22. The first kappa shape index (κ1) is 16.3. The molecule has 126 valence electrons. The van der Waals surface area contributed by atoms with Gasteiger partial charge in [0.1, 0.15) is 11.9 Å². The number of benzene rings is 1. The van der Waals surface area contributed by atoms with Crippen LogP contribution in [0.15, 0.2) is 48.8 Å². The number of hydrogen-bond donors (Lipinski definition) is 2. The highest BCUT2D eigenvalue weighted by atomic mass is 16.2. The lowest BCUT2D eigenvalue weighted by Gasteiger charge is -2.22. The third-order valence-electron chi connectivity index (χ3n) is 4.16. The molecule has 0 bridgehead atoms. The first-order valence-electron chi connectivity index (χ1n) is 8.42. The second-order valence-electron chi connectivity index (χ2n) is 6.65. The van der Waals surface area contributed by atoms with Gasteiger partial charge in [0.2, 0.25) is 5.91 Å². The summed E-state index contributed by atoms with van der Waals surface area (Å²) in [5.74, 6) is 1.23. The standard InChI is InChI=1S/C19H24N4O/c1-13(2)12-17(23-10-6-7-11-23)19(24)20-14(3)18-21-15-8-4-5-9-16(15)22-18/h4-11,13-14,17H,12H2,1-3H3,(H,20,24)(H,21,22). The van der Waals surface area contributed by atoms with Crippen molar-refractivity contribution in [2.75, 3.05) is 0 Å². The Morgan fingerprint density at radius 2 is 1.88 bits per heavy atom. The third kappa shape index (κ3) is 3.50. The van der Waals surface area contributed by atoms with Gasteiger partial charge < -0.3 is 14.9 Å². The maximum absolute atomic E-state index is 12.8. The van der Waals surface area contributed by atoms with Crippen molar-refractivity contribution in [3.05, 3.63) is 54.6 Å². The molecule has 2 aromatic heterocycles. The molecular formula is C19H24N4O. The molecule has 1 aromatic carbocycles. The van der Waals surface area contributed by atoms with Crippen molar-refractivity contribution >= 4 is 16.9 Å². The number of nitrogens with one attached hydrogen (secondary N) is 2. The SMILES string of the molecule is CC(C)CC(C(=O)NC(C)c1nc2ccccc2[nH]1)n1cccc1. The molecular weight excluding hydrogens is 300 g/mol. The Labute approximate surface area is 142 Å². The number of hydrogen-bond acceptors (Lipinski definition) is 2. The molecule has 5 nitrogen and oxygen atoms in total. The zero-order valence-electron chi connectivity index (χ0n) is 14.4. The molecule has 2 heterocycles. The predicted octanol–water partition coefficient (Wildman–Crippen LogP) is 3.83. The van der Waals surface area contributed by atoms with E-state index in [0.717, 1.165) is 23.3 Å². The molecule has 0 saturated heterocycles. The summed E-state index contributed by atoms with van der Waals surface area (Å²) in [4.78, 5) is 20.7. The highest BCUT2D eigenvalue weighted by Gasteiger charge is 2.23. The van der Waals surface area contributed by atoms with Crippen LogP contribution in [0.4, 0.5) is 0 Å². The number of imidazole rings is 1. The van der Waals surface area contributed by atoms with Crippen molar-refractivity contribution in [1.82, 2.24) is 19.9 Å². The number of H-pyrrole nitrogens is 1. The number of carbonyl (C=O) groups excluding carboxylic acids is 1. The van der Waals surface area contributed by atoms with Gasteiger partial charge in [0.15, 0.2) is 0 Å². The van der Waals surface area contributed by atoms with Crippen molar-refractivity contribution < 1.29 is 4.79 Å². The maximum atomic E-state index is 12.8. The van der Waals surface area contributed by atoms with Crippen molar-refractivity contribution in [1.29, 1.82) is 0 Å². The van der Waals surface area contributed by atoms with Crippen LogP contribution in [-0.2, 0) is 4.79 Å². The fourth-order valence-electron chi connectivity index (χ4n) is 2.92. The molecule has 0 spiro atoms. The lowest BCUT2D eigenvalue weighted by Crippen LogP contribution is -2.35. The van der Waals surface area contributed by atoms with Gasteiger partial charge in [0.05, 0.1) is 17.1 Å². The molecule has 2 atom stereocenters. The fraction of sp³-hybridized carbons (Fsp3) is 0.368. The molecule has 24 heavy (non-hydrogen) atoms. The van der Waals surface area contributed by atoms with Crippen molar-refractivity contribution in [3.8, 4) is 0 Å². The molecule has 0 saturated carbocycles. The van der Waals surface area contributed by atoms with E-state index in [1.54, 1.807) is 0 Å². The topological polar surface area (TPSA) is 62.7 Å². The summed E-state index contributed by atoms with van der Waals surface area (Å²) in [5.41, 5.74) is 1.90. The summed E-state index contributed by atoms with van der Waals surface area (Å²) in [7, 11) is 0. The number of fused-ring (bicyclic) bond motifs is 1. The molecule has 0 radical (unpaired) electrons. The number of carbonyl (C=O) groups is 1. The van der Waals surface area contributed by atoms with Gasteiger partial charge in [0.25, 0.3) is 0 Å². The molecule has 0 fully saturated rings. The van der Waals surface area contributed by atoms with Crippen LogP contribution in [0.1, 0.15) is 45.1 Å². The van der Waals surface area contributed by atoms with E-state index in [-0.39, 0.29) is 18.0 Å². The van der Waals surface area contributed by atoms with Gasteiger partial charge in [-0.25, -0.2) is 4.98 Å². The number of aromatic nitrogens is 3. The minimum atomic E-state index is -0.202. The van der Waals surface area contributed by atoms with Crippen LogP contribution in [0, 0.1) is 5.92 Å². The molecule has 2 unspecified atom stereocenters. The Hall–Kier alpha value is -2.56. The van der Waals surface area contributed by atoms with E-state index < -0.39 is 0 Å². The first-order valence-corrected chi connectivity index (χ1v) is 8.42. The molecule has 0 aliphatic carbocycles. The van der Waals surface area contributed by atoms with Gasteiger partial charge >= 0.3 is 0 Å². The van der Waals surface area contributed by atoms with Gasteiger partial charge in [-0.05, 0) is 43.5 Å². The Kier molecular flexibility index (Phi) is 4.69. The van der Waals surface area contributed by atoms with Gasteiger partial charge in [-0.1, -0.05) is 26.0 Å². The number of rotatable bonds is 6. The molecule has 3 aromatic rings. The van der Waals surface area contributed by atoms with Crippen LogP contribution in [0.5, 0.6) is 0 Å². The summed E-state index contributed by atoms with van der Waals surface area (Å²) >= 11 is 0. The minimum absolute atomic E-state index is 0.0212. The smallest absolute Gasteiger partial charge is 0.243 e. The van der Waals surface area contributed by atoms with E-state index in [4.69, 9.17) is 0 Å². The summed E-state index contributed by atoms with van der Waals surface area (Å²) in [6.07, 6.45) is 4.68. The number of nitrogens with zero attached hydrogens (tertiary/aromatic N) is 2. The fourth-order valence-corrected chi connectivity index (χ4v) is 2.92. The third-order valence-corrected chi connectivity index (χ3v) is 4.16. The van der Waals surface area contributed by atoms with Gasteiger partial charge in [-0.15, -0.1) is 0 Å². The van der Waals surface area contributed by atoms with Crippen molar-refractivity contribution in [2.45, 2.75) is 39.3 Å². The van der Waals surface area contributed by atoms with Crippen molar-refractivity contribution in [2.24, 2.45) is 5.92 Å². The second kappa shape index (κ2) is 6.91. The van der Waals surface area contributed by atoms with Crippen molar-refractivity contribution in [3.63, 3.8) is 0 Å². The quantitative estimate of drug-likeness (QED) is 0.724. The van der Waals surface area contributed by atoms with E-state index in [0.29, 0.717) is 5.92 Å². The van der Waals surface area contributed by atoms with Crippen LogP contribution in [0.2, 0.25) is 0 Å². The molecule has 3 rings (SSSR count). The highest BCUT2D eigenvalue weighted by Crippen LogP contribution is 2.21. The first-order chi connectivity index (χ1) is 11.5. The zero-order chi connectivity index (χ0) is 17.1. The lowest BCUT2D eigenvalue weighted by molar-refractivity contribution is -0.125. The molecule has 0 aliphatic rings. The Morgan fingerprint density at radius 1 is 1.17 bits per heavy atom. The van der Waals surface area contributed by atoms with Crippen LogP contribution in [0.25, 0.3) is 11.0 Å². The van der Waals surface area contributed by atoms with Crippen LogP contribution >= 0.6 is 0 Å². The van der Waals surface area contributed by atoms with Crippen LogP contribution in [0.3, 0.4) is 0 Å². The predicted molar refractivity (Wildman–Crippen MR) is 95.6 cm³/mol. The Balaban J connectivity index is 1.76. The van der Waals surface area contributed by atoms with E-state index >= 15 is 0 Å². The Bertz CT molecular complexity index is 771. The molecule has 1 amide bonds. The monoisotopic (exact) mass is 324 g/mol. The second-order valence-corrected chi connectivity index (χ2v) is 6.65. The van der Waals surface area contributed by atoms with E-state index in [9.17, 15) is 4.79 Å². The number of amides is 1. The normalized spacial score (nSPS) is 14.0. The summed E-state index contributed by atoms with van der Waals surface area (Å²) in [5, 5.41) is 3.10. The summed E-state index contributed by atoms with van der Waals surface area (Å²) < 4.78 is 1.97. The van der Waals surface area contributed by atoms with E-state index in [2.05, 4.69) is 29.1 Å². The highest BCUT2D eigenvalue weighted by molar-refractivity contribution is 5.81. The van der Waals surface area contributed by atoms with E-state index in [1.807, 2.05) is 60.3 Å². The zero-order valence-corrected chi connectivity index (χ0v) is 14.4. The van der Waals surface area contributed by atoms with Gasteiger partial charge in [-0.3, -0.25) is 4.79 Å². The molecule has 2 N–H and O–H groups in total. The Morgan fingerprint density at radius 3 is 2.54 bits per heavy atom. The largest absolute Gasteiger partial charge is 0.345 e. The van der Waals surface area contributed by atoms with Crippen LogP contribution in [-0.4, -0.2) is 20.4 Å². The van der Waals surface area contributed by atoms with Gasteiger partial charge in [0, 0.05) is 12.4 Å².